The molecule has 0 aliphatic carbocycles. The van der Waals surface area contributed by atoms with Crippen LogP contribution < -0.4 is 5.32 Å². The summed E-state index contributed by atoms with van der Waals surface area (Å²) in [5.41, 5.74) is 2.55. The number of carbonyl (C=O) groups excluding carboxylic acids is 1. The molecule has 0 unspecified atom stereocenters. The molecule has 0 spiro atoms. The molecule has 0 saturated heterocycles. The number of aromatic nitrogens is 2. The number of hydrogen-bond donors (Lipinski definition) is 1. The molecule has 0 atom stereocenters. The average Bonchev–Trinajstić information content (AvgIpc) is 2.50. The van der Waals surface area contributed by atoms with Crippen molar-refractivity contribution in [2.75, 3.05) is 5.32 Å². The minimum absolute atomic E-state index is 0.274. The van der Waals surface area contributed by atoms with Crippen LogP contribution in [0.15, 0.2) is 48.7 Å². The van der Waals surface area contributed by atoms with E-state index in [1.54, 1.807) is 12.1 Å². The minimum Gasteiger partial charge on any atom is -0.319 e. The highest BCUT2D eigenvalue weighted by atomic mass is 35.5. The van der Waals surface area contributed by atoms with Crippen LogP contribution in [0.25, 0.3) is 10.9 Å². The first-order chi connectivity index (χ1) is 10.1. The smallest absolute Gasteiger partial charge is 0.274 e. The minimum atomic E-state index is -0.274. The third-order valence-corrected chi connectivity index (χ3v) is 3.50. The Labute approximate surface area is 126 Å². The number of fused-ring (bicyclic) bond motifs is 1. The second kappa shape index (κ2) is 5.50. The maximum atomic E-state index is 12.2. The van der Waals surface area contributed by atoms with Gasteiger partial charge < -0.3 is 5.32 Å². The zero-order valence-corrected chi connectivity index (χ0v) is 12.1. The number of hydrogen-bond acceptors (Lipinski definition) is 3. The monoisotopic (exact) mass is 297 g/mol. The third-order valence-electron chi connectivity index (χ3n) is 3.10. The number of carbonyl (C=O) groups is 1. The topological polar surface area (TPSA) is 54.9 Å². The van der Waals surface area contributed by atoms with Crippen molar-refractivity contribution >= 4 is 34.1 Å². The fourth-order valence-corrected chi connectivity index (χ4v) is 2.12. The Kier molecular flexibility index (Phi) is 3.54. The quantitative estimate of drug-likeness (QED) is 0.731. The molecule has 4 nitrogen and oxygen atoms in total. The number of aryl methyl sites for hydroxylation is 1. The molecule has 1 N–H and O–H groups in total. The number of halogens is 1. The van der Waals surface area contributed by atoms with Crippen LogP contribution in [0, 0.1) is 6.92 Å². The molecule has 0 saturated carbocycles. The van der Waals surface area contributed by atoms with Crippen molar-refractivity contribution in [1.29, 1.82) is 0 Å². The van der Waals surface area contributed by atoms with Crippen molar-refractivity contribution in [2.24, 2.45) is 0 Å². The maximum Gasteiger partial charge on any atom is 0.274 e. The summed E-state index contributed by atoms with van der Waals surface area (Å²) in [5.74, 6) is -0.274. The van der Waals surface area contributed by atoms with E-state index < -0.39 is 0 Å². The molecule has 21 heavy (non-hydrogen) atoms. The Morgan fingerprint density at radius 3 is 2.81 bits per heavy atom. The predicted molar refractivity (Wildman–Crippen MR) is 83.7 cm³/mol. The molecular weight excluding hydrogens is 286 g/mol. The SMILES string of the molecule is Cc1cc(NC(=O)c2ccc3ccccc3n2)cnc1Cl. The van der Waals surface area contributed by atoms with Crippen LogP contribution >= 0.6 is 11.6 Å². The molecule has 0 bridgehead atoms. The number of benzene rings is 1. The van der Waals surface area contributed by atoms with Gasteiger partial charge in [0, 0.05) is 5.39 Å². The zero-order valence-electron chi connectivity index (χ0n) is 11.3. The van der Waals surface area contributed by atoms with Crippen LogP contribution in [0.2, 0.25) is 5.15 Å². The van der Waals surface area contributed by atoms with E-state index in [0.717, 1.165) is 16.5 Å². The van der Waals surface area contributed by atoms with Crippen molar-refractivity contribution in [3.05, 3.63) is 65.1 Å². The lowest BCUT2D eigenvalue weighted by atomic mass is 10.2. The van der Waals surface area contributed by atoms with E-state index >= 15 is 0 Å². The molecule has 3 rings (SSSR count). The summed E-state index contributed by atoms with van der Waals surface area (Å²) in [6.07, 6.45) is 1.52. The highest BCUT2D eigenvalue weighted by Crippen LogP contribution is 2.17. The highest BCUT2D eigenvalue weighted by molar-refractivity contribution is 6.30. The highest BCUT2D eigenvalue weighted by Gasteiger charge is 2.09. The summed E-state index contributed by atoms with van der Waals surface area (Å²) in [6.45, 7) is 1.83. The Morgan fingerprint density at radius 2 is 2.00 bits per heavy atom. The normalized spacial score (nSPS) is 10.6. The number of para-hydroxylation sites is 1. The van der Waals surface area contributed by atoms with Gasteiger partial charge in [-0.2, -0.15) is 0 Å². The Hall–Kier alpha value is -2.46. The van der Waals surface area contributed by atoms with Crippen LogP contribution in [-0.2, 0) is 0 Å². The van der Waals surface area contributed by atoms with Gasteiger partial charge in [0.25, 0.3) is 5.91 Å². The van der Waals surface area contributed by atoms with Gasteiger partial charge in [-0.1, -0.05) is 35.9 Å². The number of rotatable bonds is 2. The first kappa shape index (κ1) is 13.5. The van der Waals surface area contributed by atoms with Gasteiger partial charge in [-0.15, -0.1) is 0 Å². The molecule has 0 radical (unpaired) electrons. The standard InChI is InChI=1S/C16H12ClN3O/c1-10-8-12(9-18-15(10)17)19-16(21)14-7-6-11-4-2-3-5-13(11)20-14/h2-9H,1H3,(H,19,21). The zero-order chi connectivity index (χ0) is 14.8. The van der Waals surface area contributed by atoms with Gasteiger partial charge in [-0.05, 0) is 30.7 Å². The van der Waals surface area contributed by atoms with E-state index in [0.29, 0.717) is 16.5 Å². The molecule has 2 heterocycles. The molecule has 1 aromatic carbocycles. The van der Waals surface area contributed by atoms with Gasteiger partial charge in [0.05, 0.1) is 17.4 Å². The summed E-state index contributed by atoms with van der Waals surface area (Å²) in [4.78, 5) is 20.6. The molecule has 0 fully saturated rings. The number of amides is 1. The van der Waals surface area contributed by atoms with Crippen molar-refractivity contribution in [2.45, 2.75) is 6.92 Å². The Bertz CT molecular complexity index is 833. The lowest BCUT2D eigenvalue weighted by Gasteiger charge is -2.06. The predicted octanol–water partition coefficient (Wildman–Crippen LogP) is 3.84. The lowest BCUT2D eigenvalue weighted by molar-refractivity contribution is 0.102. The van der Waals surface area contributed by atoms with Crippen LogP contribution in [0.1, 0.15) is 16.1 Å². The molecule has 2 aromatic heterocycles. The summed E-state index contributed by atoms with van der Waals surface area (Å²) in [5, 5.41) is 4.19. The van der Waals surface area contributed by atoms with Crippen LogP contribution in [0.3, 0.4) is 0 Å². The van der Waals surface area contributed by atoms with Gasteiger partial charge in [-0.3, -0.25) is 4.79 Å². The molecular formula is C16H12ClN3O. The van der Waals surface area contributed by atoms with Gasteiger partial charge in [0.1, 0.15) is 10.8 Å². The van der Waals surface area contributed by atoms with Crippen molar-refractivity contribution in [3.8, 4) is 0 Å². The third kappa shape index (κ3) is 2.85. The Morgan fingerprint density at radius 1 is 1.19 bits per heavy atom. The van der Waals surface area contributed by atoms with Gasteiger partial charge in [0.15, 0.2) is 0 Å². The van der Waals surface area contributed by atoms with Crippen molar-refractivity contribution in [3.63, 3.8) is 0 Å². The summed E-state index contributed by atoms with van der Waals surface area (Å²) >= 11 is 5.86. The summed E-state index contributed by atoms with van der Waals surface area (Å²) in [6, 6.07) is 13.0. The van der Waals surface area contributed by atoms with E-state index in [1.165, 1.54) is 6.20 Å². The first-order valence-electron chi connectivity index (χ1n) is 6.43. The van der Waals surface area contributed by atoms with E-state index in [9.17, 15) is 4.79 Å². The molecule has 1 amide bonds. The number of nitrogens with zero attached hydrogens (tertiary/aromatic N) is 2. The van der Waals surface area contributed by atoms with E-state index in [-0.39, 0.29) is 5.91 Å². The largest absolute Gasteiger partial charge is 0.319 e. The van der Waals surface area contributed by atoms with E-state index in [1.807, 2.05) is 37.3 Å². The van der Waals surface area contributed by atoms with Crippen LogP contribution in [0.5, 0.6) is 0 Å². The first-order valence-corrected chi connectivity index (χ1v) is 6.80. The summed E-state index contributed by atoms with van der Waals surface area (Å²) < 4.78 is 0. The van der Waals surface area contributed by atoms with Gasteiger partial charge in [-0.25, -0.2) is 9.97 Å². The van der Waals surface area contributed by atoms with Crippen LogP contribution in [0.4, 0.5) is 5.69 Å². The Balaban J connectivity index is 1.87. The molecule has 0 aliphatic heterocycles. The molecule has 5 heteroatoms. The number of nitrogens with one attached hydrogen (secondary N) is 1. The summed E-state index contributed by atoms with van der Waals surface area (Å²) in [7, 11) is 0. The number of anilines is 1. The van der Waals surface area contributed by atoms with Gasteiger partial charge >= 0.3 is 0 Å². The van der Waals surface area contributed by atoms with E-state index in [4.69, 9.17) is 11.6 Å². The van der Waals surface area contributed by atoms with Gasteiger partial charge in [0.2, 0.25) is 0 Å². The lowest BCUT2D eigenvalue weighted by Crippen LogP contribution is -2.14. The average molecular weight is 298 g/mol. The fourth-order valence-electron chi connectivity index (χ4n) is 2.01. The molecule has 104 valence electrons. The second-order valence-corrected chi connectivity index (χ2v) is 5.03. The van der Waals surface area contributed by atoms with E-state index in [2.05, 4.69) is 15.3 Å². The fraction of sp³-hybridized carbons (Fsp3) is 0.0625. The molecule has 3 aromatic rings. The molecule has 0 aliphatic rings. The van der Waals surface area contributed by atoms with Crippen LogP contribution in [-0.4, -0.2) is 15.9 Å². The van der Waals surface area contributed by atoms with Crippen molar-refractivity contribution in [1.82, 2.24) is 9.97 Å². The van der Waals surface area contributed by atoms with Crippen molar-refractivity contribution < 1.29 is 4.79 Å². The number of pyridine rings is 2. The second-order valence-electron chi connectivity index (χ2n) is 4.68. The maximum absolute atomic E-state index is 12.2.